The summed E-state index contributed by atoms with van der Waals surface area (Å²) in [5.74, 6) is 0.262. The molecule has 1 aliphatic carbocycles. The van der Waals surface area contributed by atoms with Crippen molar-refractivity contribution in [1.29, 1.82) is 0 Å². The Labute approximate surface area is 114 Å². The molecule has 0 radical (unpaired) electrons. The first kappa shape index (κ1) is 12.7. The van der Waals surface area contributed by atoms with Crippen molar-refractivity contribution in [3.05, 3.63) is 35.9 Å². The summed E-state index contributed by atoms with van der Waals surface area (Å²) in [6.07, 6.45) is 3.74. The molecule has 1 heterocycles. The molecular weight excluding hydrogens is 238 g/mol. The molecule has 1 N–H and O–H groups in total. The summed E-state index contributed by atoms with van der Waals surface area (Å²) in [4.78, 5) is 13.7. The average molecular weight is 259 g/mol. The Kier molecular flexibility index (Phi) is 3.56. The van der Waals surface area contributed by atoms with E-state index in [1.807, 2.05) is 18.2 Å². The molecule has 1 saturated heterocycles. The van der Waals surface area contributed by atoms with Gasteiger partial charge in [0.1, 0.15) is 0 Å². The number of carbonyl (C=O) groups is 1. The molecule has 3 rings (SSSR count). The van der Waals surface area contributed by atoms with E-state index in [9.17, 15) is 9.90 Å². The van der Waals surface area contributed by atoms with Gasteiger partial charge in [0.15, 0.2) is 0 Å². The van der Waals surface area contributed by atoms with E-state index in [4.69, 9.17) is 0 Å². The van der Waals surface area contributed by atoms with Gasteiger partial charge in [-0.2, -0.15) is 0 Å². The van der Waals surface area contributed by atoms with Crippen molar-refractivity contribution in [2.45, 2.75) is 25.8 Å². The molecule has 0 aromatic heterocycles. The van der Waals surface area contributed by atoms with Gasteiger partial charge >= 0.3 is 5.97 Å². The molecule has 2 fully saturated rings. The zero-order chi connectivity index (χ0) is 13.2. The zero-order valence-corrected chi connectivity index (χ0v) is 11.2. The Morgan fingerprint density at radius 3 is 2.53 bits per heavy atom. The predicted octanol–water partition coefficient (Wildman–Crippen LogP) is 2.62. The van der Waals surface area contributed by atoms with Gasteiger partial charge in [0.2, 0.25) is 0 Å². The summed E-state index contributed by atoms with van der Waals surface area (Å²) in [5.41, 5.74) is 1.28. The molecule has 2 aliphatic rings. The fourth-order valence-electron chi connectivity index (χ4n) is 3.49. The second-order valence-electron chi connectivity index (χ2n) is 5.98. The van der Waals surface area contributed by atoms with Crippen molar-refractivity contribution in [2.75, 3.05) is 13.1 Å². The number of aliphatic carboxylic acids is 1. The Hall–Kier alpha value is -1.35. The van der Waals surface area contributed by atoms with E-state index in [2.05, 4.69) is 17.0 Å². The highest BCUT2D eigenvalue weighted by Crippen LogP contribution is 2.41. The normalized spacial score (nSPS) is 28.2. The minimum atomic E-state index is -0.604. The number of likely N-dealkylation sites (tertiary alicyclic amines) is 1. The minimum Gasteiger partial charge on any atom is -0.481 e. The maximum absolute atomic E-state index is 11.4. The molecule has 102 valence electrons. The molecule has 0 spiro atoms. The van der Waals surface area contributed by atoms with Gasteiger partial charge in [-0.1, -0.05) is 49.6 Å². The summed E-state index contributed by atoms with van der Waals surface area (Å²) in [7, 11) is 0. The van der Waals surface area contributed by atoms with Gasteiger partial charge in [0.25, 0.3) is 0 Å². The lowest BCUT2D eigenvalue weighted by Gasteiger charge is -2.33. The molecule has 2 atom stereocenters. The maximum atomic E-state index is 11.4. The third-order valence-corrected chi connectivity index (χ3v) is 4.76. The fraction of sp³-hybridized carbons (Fsp3) is 0.562. The standard InChI is InChI=1S/C16H21NO2/c18-16(19)15-11-17(9-12-5-2-1-3-6-12)10-14(15)13-7-4-8-13/h1-3,5-6,13-15H,4,7-11H2,(H,18,19)/t14-,15-/m0/s1. The molecule has 1 saturated carbocycles. The molecule has 3 nitrogen and oxygen atoms in total. The number of carboxylic acid groups (broad SMARTS) is 1. The molecule has 0 amide bonds. The minimum absolute atomic E-state index is 0.158. The Morgan fingerprint density at radius 1 is 1.21 bits per heavy atom. The fourth-order valence-corrected chi connectivity index (χ4v) is 3.49. The molecule has 0 unspecified atom stereocenters. The first-order chi connectivity index (χ1) is 9.24. The van der Waals surface area contributed by atoms with E-state index in [1.54, 1.807) is 0 Å². The van der Waals surface area contributed by atoms with Crippen molar-refractivity contribution >= 4 is 5.97 Å². The molecule has 1 aliphatic heterocycles. The van der Waals surface area contributed by atoms with Crippen LogP contribution in [0.1, 0.15) is 24.8 Å². The van der Waals surface area contributed by atoms with E-state index in [0.717, 1.165) is 13.1 Å². The first-order valence-corrected chi connectivity index (χ1v) is 7.23. The lowest BCUT2D eigenvalue weighted by atomic mass is 9.72. The first-order valence-electron chi connectivity index (χ1n) is 7.23. The van der Waals surface area contributed by atoms with Crippen LogP contribution >= 0.6 is 0 Å². The predicted molar refractivity (Wildman–Crippen MR) is 73.7 cm³/mol. The summed E-state index contributed by atoms with van der Waals surface area (Å²) < 4.78 is 0. The Balaban J connectivity index is 1.66. The van der Waals surface area contributed by atoms with Gasteiger partial charge in [-0.3, -0.25) is 9.69 Å². The molecule has 0 bridgehead atoms. The third kappa shape index (κ3) is 2.66. The van der Waals surface area contributed by atoms with Crippen LogP contribution in [0, 0.1) is 17.8 Å². The topological polar surface area (TPSA) is 40.5 Å². The summed E-state index contributed by atoms with van der Waals surface area (Å²) >= 11 is 0. The number of carboxylic acids is 1. The van der Waals surface area contributed by atoms with Crippen LogP contribution in [-0.4, -0.2) is 29.1 Å². The highest BCUT2D eigenvalue weighted by molar-refractivity contribution is 5.71. The number of rotatable bonds is 4. The molecule has 19 heavy (non-hydrogen) atoms. The number of benzene rings is 1. The maximum Gasteiger partial charge on any atom is 0.308 e. The van der Waals surface area contributed by atoms with Crippen LogP contribution in [0.5, 0.6) is 0 Å². The highest BCUT2D eigenvalue weighted by atomic mass is 16.4. The van der Waals surface area contributed by atoms with E-state index in [-0.39, 0.29) is 5.92 Å². The van der Waals surface area contributed by atoms with E-state index in [1.165, 1.54) is 24.8 Å². The second kappa shape index (κ2) is 5.33. The van der Waals surface area contributed by atoms with Crippen molar-refractivity contribution in [1.82, 2.24) is 4.90 Å². The highest BCUT2D eigenvalue weighted by Gasteiger charge is 2.43. The number of nitrogens with zero attached hydrogens (tertiary/aromatic N) is 1. The van der Waals surface area contributed by atoms with Crippen molar-refractivity contribution in [3.63, 3.8) is 0 Å². The van der Waals surface area contributed by atoms with Crippen LogP contribution in [0.2, 0.25) is 0 Å². The van der Waals surface area contributed by atoms with Crippen LogP contribution in [0.25, 0.3) is 0 Å². The molecule has 1 aromatic carbocycles. The summed E-state index contributed by atoms with van der Waals surface area (Å²) in [5, 5.41) is 9.41. The lowest BCUT2D eigenvalue weighted by Crippen LogP contribution is -2.31. The largest absolute Gasteiger partial charge is 0.481 e. The number of hydrogen-bond donors (Lipinski definition) is 1. The van der Waals surface area contributed by atoms with Crippen molar-refractivity contribution in [3.8, 4) is 0 Å². The Bertz CT molecular complexity index is 441. The van der Waals surface area contributed by atoms with Crippen LogP contribution in [-0.2, 0) is 11.3 Å². The molecular formula is C16H21NO2. The monoisotopic (exact) mass is 259 g/mol. The number of hydrogen-bond acceptors (Lipinski definition) is 2. The molecule has 3 heteroatoms. The van der Waals surface area contributed by atoms with Gasteiger partial charge in [-0.25, -0.2) is 0 Å². The van der Waals surface area contributed by atoms with E-state index in [0.29, 0.717) is 18.4 Å². The van der Waals surface area contributed by atoms with E-state index >= 15 is 0 Å². The zero-order valence-electron chi connectivity index (χ0n) is 11.2. The average Bonchev–Trinajstić information content (AvgIpc) is 2.72. The van der Waals surface area contributed by atoms with Crippen LogP contribution in [0.4, 0.5) is 0 Å². The smallest absolute Gasteiger partial charge is 0.308 e. The summed E-state index contributed by atoms with van der Waals surface area (Å²) in [6.45, 7) is 2.55. The van der Waals surface area contributed by atoms with Crippen molar-refractivity contribution in [2.24, 2.45) is 17.8 Å². The van der Waals surface area contributed by atoms with Crippen molar-refractivity contribution < 1.29 is 9.90 Å². The van der Waals surface area contributed by atoms with Crippen LogP contribution < -0.4 is 0 Å². The van der Waals surface area contributed by atoms with E-state index < -0.39 is 5.97 Å². The van der Waals surface area contributed by atoms with Gasteiger partial charge < -0.3 is 5.11 Å². The van der Waals surface area contributed by atoms with Gasteiger partial charge in [-0.05, 0) is 17.4 Å². The van der Waals surface area contributed by atoms with Gasteiger partial charge in [0, 0.05) is 19.6 Å². The summed E-state index contributed by atoms with van der Waals surface area (Å²) in [6, 6.07) is 10.3. The lowest BCUT2D eigenvalue weighted by molar-refractivity contribution is -0.143. The second-order valence-corrected chi connectivity index (χ2v) is 5.98. The third-order valence-electron chi connectivity index (χ3n) is 4.76. The Morgan fingerprint density at radius 2 is 1.95 bits per heavy atom. The SMILES string of the molecule is O=C(O)[C@H]1CN(Cc2ccccc2)C[C@H]1C1CCC1. The van der Waals surface area contributed by atoms with Gasteiger partial charge in [0.05, 0.1) is 5.92 Å². The van der Waals surface area contributed by atoms with Gasteiger partial charge in [-0.15, -0.1) is 0 Å². The molecule has 1 aromatic rings. The quantitative estimate of drug-likeness (QED) is 0.903. The van der Waals surface area contributed by atoms with Crippen LogP contribution in [0.3, 0.4) is 0 Å². The van der Waals surface area contributed by atoms with Crippen LogP contribution in [0.15, 0.2) is 30.3 Å².